The van der Waals surface area contributed by atoms with E-state index in [1.54, 1.807) is 0 Å². The molecule has 18 heavy (non-hydrogen) atoms. The highest BCUT2D eigenvalue weighted by molar-refractivity contribution is 14.0. The SMILES string of the molecule is CCCC1(C)CCCN(C(=NCC)NCC)C1.I. The predicted molar refractivity (Wildman–Crippen MR) is 90.9 cm³/mol. The molecule has 1 atom stereocenters. The van der Waals surface area contributed by atoms with Gasteiger partial charge >= 0.3 is 0 Å². The number of nitrogens with one attached hydrogen (secondary N) is 1. The van der Waals surface area contributed by atoms with Gasteiger partial charge in [0.05, 0.1) is 0 Å². The molecule has 0 aromatic heterocycles. The van der Waals surface area contributed by atoms with Crippen LogP contribution in [-0.2, 0) is 0 Å². The van der Waals surface area contributed by atoms with E-state index in [9.17, 15) is 0 Å². The Balaban J connectivity index is 0.00000289. The van der Waals surface area contributed by atoms with Crippen molar-refractivity contribution < 1.29 is 0 Å². The molecular formula is C14H30IN3. The molecule has 1 N–H and O–H groups in total. The maximum Gasteiger partial charge on any atom is 0.193 e. The smallest absolute Gasteiger partial charge is 0.193 e. The largest absolute Gasteiger partial charge is 0.357 e. The molecule has 108 valence electrons. The molecule has 0 radical (unpaired) electrons. The average Bonchev–Trinajstić information content (AvgIpc) is 2.29. The molecule has 3 nitrogen and oxygen atoms in total. The molecule has 0 bridgehead atoms. The van der Waals surface area contributed by atoms with Crippen molar-refractivity contribution in [2.24, 2.45) is 10.4 Å². The van der Waals surface area contributed by atoms with Gasteiger partial charge in [-0.1, -0.05) is 20.3 Å². The summed E-state index contributed by atoms with van der Waals surface area (Å²) in [6, 6.07) is 0. The Morgan fingerprint density at radius 2 is 2.06 bits per heavy atom. The molecule has 1 aliphatic heterocycles. The zero-order valence-electron chi connectivity index (χ0n) is 12.5. The van der Waals surface area contributed by atoms with Crippen molar-refractivity contribution in [1.29, 1.82) is 0 Å². The fourth-order valence-electron chi connectivity index (χ4n) is 2.88. The van der Waals surface area contributed by atoms with Gasteiger partial charge in [0.1, 0.15) is 0 Å². The van der Waals surface area contributed by atoms with Gasteiger partial charge in [0.25, 0.3) is 0 Å². The molecule has 0 amide bonds. The van der Waals surface area contributed by atoms with Crippen LogP contribution in [-0.4, -0.2) is 37.0 Å². The van der Waals surface area contributed by atoms with Crippen LogP contribution in [0.2, 0.25) is 0 Å². The molecule has 1 fully saturated rings. The van der Waals surface area contributed by atoms with E-state index in [0.717, 1.165) is 32.1 Å². The highest BCUT2D eigenvalue weighted by Gasteiger charge is 2.31. The molecule has 1 aliphatic rings. The summed E-state index contributed by atoms with van der Waals surface area (Å²) in [5.41, 5.74) is 0.483. The third-order valence-corrected chi connectivity index (χ3v) is 3.58. The summed E-state index contributed by atoms with van der Waals surface area (Å²) in [5.74, 6) is 1.11. The van der Waals surface area contributed by atoms with Crippen LogP contribution in [0.3, 0.4) is 0 Å². The maximum atomic E-state index is 4.59. The van der Waals surface area contributed by atoms with E-state index < -0.39 is 0 Å². The number of aliphatic imine (C=N–C) groups is 1. The minimum Gasteiger partial charge on any atom is -0.357 e. The lowest BCUT2D eigenvalue weighted by Gasteiger charge is -2.42. The number of halogens is 1. The minimum atomic E-state index is 0. The van der Waals surface area contributed by atoms with Gasteiger partial charge in [0.15, 0.2) is 5.96 Å². The van der Waals surface area contributed by atoms with Crippen molar-refractivity contribution in [1.82, 2.24) is 10.2 Å². The standard InChI is InChI=1S/C14H29N3.HI/c1-5-9-14(4)10-8-11-17(12-14)13(15-6-2)16-7-3;/h5-12H2,1-4H3,(H,15,16);1H. The molecule has 4 heteroatoms. The number of nitrogens with zero attached hydrogens (tertiary/aromatic N) is 2. The normalized spacial score (nSPS) is 24.7. The summed E-state index contributed by atoms with van der Waals surface area (Å²) in [4.78, 5) is 7.05. The Bertz CT molecular complexity index is 251. The topological polar surface area (TPSA) is 27.6 Å². The van der Waals surface area contributed by atoms with Crippen molar-refractivity contribution in [3.05, 3.63) is 0 Å². The summed E-state index contributed by atoms with van der Waals surface area (Å²) in [7, 11) is 0. The first-order valence-corrected chi connectivity index (χ1v) is 7.18. The quantitative estimate of drug-likeness (QED) is 0.468. The van der Waals surface area contributed by atoms with Gasteiger partial charge in [0.2, 0.25) is 0 Å². The van der Waals surface area contributed by atoms with Gasteiger partial charge in [-0.05, 0) is 38.5 Å². The molecule has 1 heterocycles. The van der Waals surface area contributed by atoms with Crippen LogP contribution >= 0.6 is 24.0 Å². The Morgan fingerprint density at radius 1 is 1.33 bits per heavy atom. The van der Waals surface area contributed by atoms with E-state index in [2.05, 4.69) is 42.9 Å². The van der Waals surface area contributed by atoms with E-state index in [4.69, 9.17) is 0 Å². The van der Waals surface area contributed by atoms with Crippen LogP contribution in [0, 0.1) is 5.41 Å². The Kier molecular flexibility index (Phi) is 8.99. The Labute approximate surface area is 130 Å². The lowest BCUT2D eigenvalue weighted by Crippen LogP contribution is -2.49. The number of hydrogen-bond donors (Lipinski definition) is 1. The van der Waals surface area contributed by atoms with Crippen LogP contribution in [0.5, 0.6) is 0 Å². The van der Waals surface area contributed by atoms with Gasteiger partial charge in [-0.2, -0.15) is 0 Å². The third kappa shape index (κ3) is 5.33. The monoisotopic (exact) mass is 367 g/mol. The number of likely N-dealkylation sites (tertiary alicyclic amines) is 1. The summed E-state index contributed by atoms with van der Waals surface area (Å²) in [6.07, 6.45) is 5.27. The molecule has 0 aromatic rings. The van der Waals surface area contributed by atoms with Gasteiger partial charge in [0, 0.05) is 26.2 Å². The second-order valence-electron chi connectivity index (χ2n) is 5.41. The fraction of sp³-hybridized carbons (Fsp3) is 0.929. The molecular weight excluding hydrogens is 337 g/mol. The molecule has 0 aromatic carbocycles. The zero-order chi connectivity index (χ0) is 12.7. The number of guanidine groups is 1. The van der Waals surface area contributed by atoms with E-state index in [1.807, 2.05) is 0 Å². The van der Waals surface area contributed by atoms with E-state index >= 15 is 0 Å². The molecule has 0 aliphatic carbocycles. The van der Waals surface area contributed by atoms with Gasteiger partial charge in [-0.3, -0.25) is 4.99 Å². The number of hydrogen-bond acceptors (Lipinski definition) is 1. The Hall–Kier alpha value is 0. The molecule has 1 unspecified atom stereocenters. The highest BCUT2D eigenvalue weighted by atomic mass is 127. The van der Waals surface area contributed by atoms with Gasteiger partial charge in [-0.25, -0.2) is 0 Å². The lowest BCUT2D eigenvalue weighted by molar-refractivity contribution is 0.142. The molecule has 0 saturated carbocycles. The zero-order valence-corrected chi connectivity index (χ0v) is 14.8. The minimum absolute atomic E-state index is 0. The Morgan fingerprint density at radius 3 is 2.61 bits per heavy atom. The van der Waals surface area contributed by atoms with E-state index in [1.165, 1.54) is 25.7 Å². The van der Waals surface area contributed by atoms with Crippen LogP contribution in [0.25, 0.3) is 0 Å². The molecule has 1 saturated heterocycles. The van der Waals surface area contributed by atoms with Crippen molar-refractivity contribution in [2.75, 3.05) is 26.2 Å². The second-order valence-corrected chi connectivity index (χ2v) is 5.41. The van der Waals surface area contributed by atoms with Crippen molar-refractivity contribution in [3.63, 3.8) is 0 Å². The number of rotatable bonds is 4. The van der Waals surface area contributed by atoms with Crippen LogP contribution in [0.15, 0.2) is 4.99 Å². The summed E-state index contributed by atoms with van der Waals surface area (Å²) < 4.78 is 0. The second kappa shape index (κ2) is 8.99. The fourth-order valence-corrected chi connectivity index (χ4v) is 2.88. The summed E-state index contributed by atoms with van der Waals surface area (Å²) in [5, 5.41) is 3.41. The predicted octanol–water partition coefficient (Wildman–Crippen LogP) is 3.49. The summed E-state index contributed by atoms with van der Waals surface area (Å²) in [6.45, 7) is 13.1. The van der Waals surface area contributed by atoms with Crippen LogP contribution in [0.4, 0.5) is 0 Å². The van der Waals surface area contributed by atoms with E-state index in [0.29, 0.717) is 5.41 Å². The van der Waals surface area contributed by atoms with Gasteiger partial charge < -0.3 is 10.2 Å². The molecule has 1 rings (SSSR count). The first kappa shape index (κ1) is 18.0. The van der Waals surface area contributed by atoms with Crippen LogP contribution in [0.1, 0.15) is 53.4 Å². The first-order valence-electron chi connectivity index (χ1n) is 7.18. The third-order valence-electron chi connectivity index (χ3n) is 3.58. The lowest BCUT2D eigenvalue weighted by atomic mass is 9.78. The highest BCUT2D eigenvalue weighted by Crippen LogP contribution is 2.33. The van der Waals surface area contributed by atoms with Crippen molar-refractivity contribution in [3.8, 4) is 0 Å². The molecule has 0 spiro atoms. The maximum absolute atomic E-state index is 4.59. The van der Waals surface area contributed by atoms with Crippen LogP contribution < -0.4 is 5.32 Å². The summed E-state index contributed by atoms with van der Waals surface area (Å²) >= 11 is 0. The average molecular weight is 367 g/mol. The number of piperidine rings is 1. The van der Waals surface area contributed by atoms with E-state index in [-0.39, 0.29) is 24.0 Å². The van der Waals surface area contributed by atoms with Crippen molar-refractivity contribution >= 4 is 29.9 Å². The van der Waals surface area contributed by atoms with Gasteiger partial charge in [-0.15, -0.1) is 24.0 Å². The van der Waals surface area contributed by atoms with Crippen molar-refractivity contribution in [2.45, 2.75) is 53.4 Å². The first-order chi connectivity index (χ1) is 8.15.